The number of rotatable bonds is 11. The third kappa shape index (κ3) is 6.04. The maximum Gasteiger partial charge on any atom is 0.126 e. The highest BCUT2D eigenvalue weighted by atomic mass is 16.5. The van der Waals surface area contributed by atoms with Gasteiger partial charge in [0.2, 0.25) is 0 Å². The van der Waals surface area contributed by atoms with Crippen molar-refractivity contribution in [3.05, 3.63) is 29.3 Å². The highest BCUT2D eigenvalue weighted by molar-refractivity contribution is 5.40. The van der Waals surface area contributed by atoms with E-state index in [0.717, 1.165) is 18.7 Å². The number of nitrogens with one attached hydrogen (secondary N) is 1. The molecule has 1 saturated carbocycles. The Morgan fingerprint density at radius 1 is 1.14 bits per heavy atom. The van der Waals surface area contributed by atoms with E-state index in [-0.39, 0.29) is 0 Å². The van der Waals surface area contributed by atoms with Crippen LogP contribution in [-0.2, 0) is 16.0 Å². The summed E-state index contributed by atoms with van der Waals surface area (Å²) >= 11 is 0. The first-order chi connectivity index (χ1) is 10.3. The molecule has 1 fully saturated rings. The molecule has 0 atom stereocenters. The van der Waals surface area contributed by atoms with Crippen LogP contribution < -0.4 is 10.1 Å². The van der Waals surface area contributed by atoms with Crippen molar-refractivity contribution in [2.24, 2.45) is 0 Å². The largest absolute Gasteiger partial charge is 0.493 e. The van der Waals surface area contributed by atoms with Gasteiger partial charge in [0.25, 0.3) is 0 Å². The molecule has 0 bridgehead atoms. The smallest absolute Gasteiger partial charge is 0.126 e. The Hall–Kier alpha value is -1.10. The molecule has 0 heterocycles. The SMILES string of the molecule is COCCOCCCOc1c(C)cccc1CNC1CC1. The van der Waals surface area contributed by atoms with Gasteiger partial charge in [-0.25, -0.2) is 0 Å². The average Bonchev–Trinajstić information content (AvgIpc) is 3.30. The van der Waals surface area contributed by atoms with Crippen LogP contribution in [0.25, 0.3) is 0 Å². The predicted octanol–water partition coefficient (Wildman–Crippen LogP) is 2.68. The Kier molecular flexibility index (Phi) is 7.00. The number of hydrogen-bond acceptors (Lipinski definition) is 4. The van der Waals surface area contributed by atoms with E-state index in [1.807, 2.05) is 0 Å². The van der Waals surface area contributed by atoms with Crippen molar-refractivity contribution in [2.45, 2.75) is 38.8 Å². The molecule has 1 aromatic carbocycles. The normalized spacial score (nSPS) is 14.4. The Morgan fingerprint density at radius 3 is 2.76 bits per heavy atom. The summed E-state index contributed by atoms with van der Waals surface area (Å²) < 4.78 is 16.4. The van der Waals surface area contributed by atoms with Crippen LogP contribution in [0, 0.1) is 6.92 Å². The number of ether oxygens (including phenoxy) is 3. The Labute approximate surface area is 127 Å². The molecule has 0 aliphatic heterocycles. The van der Waals surface area contributed by atoms with Crippen molar-refractivity contribution in [3.8, 4) is 5.75 Å². The summed E-state index contributed by atoms with van der Waals surface area (Å²) in [4.78, 5) is 0. The van der Waals surface area contributed by atoms with Gasteiger partial charge in [0.05, 0.1) is 19.8 Å². The number of benzene rings is 1. The van der Waals surface area contributed by atoms with Crippen molar-refractivity contribution in [3.63, 3.8) is 0 Å². The van der Waals surface area contributed by atoms with E-state index in [9.17, 15) is 0 Å². The number of methoxy groups -OCH3 is 1. The minimum atomic E-state index is 0.648. The molecule has 118 valence electrons. The van der Waals surface area contributed by atoms with Crippen molar-refractivity contribution < 1.29 is 14.2 Å². The van der Waals surface area contributed by atoms with Gasteiger partial charge < -0.3 is 19.5 Å². The monoisotopic (exact) mass is 293 g/mol. The summed E-state index contributed by atoms with van der Waals surface area (Å²) in [6.07, 6.45) is 3.51. The van der Waals surface area contributed by atoms with Crippen LogP contribution in [0.2, 0.25) is 0 Å². The minimum Gasteiger partial charge on any atom is -0.493 e. The fourth-order valence-electron chi connectivity index (χ4n) is 2.18. The summed E-state index contributed by atoms with van der Waals surface area (Å²) in [7, 11) is 1.68. The van der Waals surface area contributed by atoms with Gasteiger partial charge in [0.1, 0.15) is 5.75 Å². The fraction of sp³-hybridized carbons (Fsp3) is 0.647. The average molecular weight is 293 g/mol. The number of para-hydroxylation sites is 1. The van der Waals surface area contributed by atoms with Gasteiger partial charge in [-0.1, -0.05) is 18.2 Å². The maximum atomic E-state index is 5.98. The Balaban J connectivity index is 1.72. The Bertz CT molecular complexity index is 418. The molecule has 1 aliphatic rings. The molecule has 1 N–H and O–H groups in total. The van der Waals surface area contributed by atoms with Crippen molar-refractivity contribution in [1.82, 2.24) is 5.32 Å². The lowest BCUT2D eigenvalue weighted by molar-refractivity contribution is 0.0643. The van der Waals surface area contributed by atoms with Crippen LogP contribution in [0.15, 0.2) is 18.2 Å². The lowest BCUT2D eigenvalue weighted by Crippen LogP contribution is -2.16. The molecule has 0 amide bonds. The van der Waals surface area contributed by atoms with Gasteiger partial charge in [-0.2, -0.15) is 0 Å². The highest BCUT2D eigenvalue weighted by Crippen LogP contribution is 2.25. The molecular formula is C17H27NO3. The second-order valence-electron chi connectivity index (χ2n) is 5.53. The van der Waals surface area contributed by atoms with E-state index in [4.69, 9.17) is 14.2 Å². The van der Waals surface area contributed by atoms with Gasteiger partial charge in [0, 0.05) is 38.3 Å². The second-order valence-corrected chi connectivity index (χ2v) is 5.53. The zero-order valence-electron chi connectivity index (χ0n) is 13.2. The summed E-state index contributed by atoms with van der Waals surface area (Å²) in [6, 6.07) is 7.06. The molecule has 1 aliphatic carbocycles. The molecule has 0 unspecified atom stereocenters. The van der Waals surface area contributed by atoms with Gasteiger partial charge in [-0.05, 0) is 25.3 Å². The molecule has 0 spiro atoms. The summed E-state index contributed by atoms with van der Waals surface area (Å²) in [5.74, 6) is 1.03. The second kappa shape index (κ2) is 9.03. The first-order valence-electron chi connectivity index (χ1n) is 7.82. The molecular weight excluding hydrogens is 266 g/mol. The third-order valence-electron chi connectivity index (χ3n) is 3.56. The van der Waals surface area contributed by atoms with Crippen LogP contribution in [0.3, 0.4) is 0 Å². The molecule has 2 rings (SSSR count). The first-order valence-corrected chi connectivity index (χ1v) is 7.82. The standard InChI is InChI=1S/C17H27NO3/c1-14-5-3-6-15(13-18-16-7-8-16)17(14)21-10-4-9-20-12-11-19-2/h3,5-6,16,18H,4,7-13H2,1-2H3. The quantitative estimate of drug-likeness (QED) is 0.637. The van der Waals surface area contributed by atoms with Crippen molar-refractivity contribution >= 4 is 0 Å². The zero-order chi connectivity index (χ0) is 14.9. The summed E-state index contributed by atoms with van der Waals surface area (Å²) in [5, 5.41) is 3.55. The topological polar surface area (TPSA) is 39.7 Å². The highest BCUT2D eigenvalue weighted by Gasteiger charge is 2.20. The lowest BCUT2D eigenvalue weighted by Gasteiger charge is -2.14. The zero-order valence-corrected chi connectivity index (χ0v) is 13.2. The van der Waals surface area contributed by atoms with Crippen molar-refractivity contribution in [2.75, 3.05) is 33.5 Å². The third-order valence-corrected chi connectivity index (χ3v) is 3.56. The molecule has 0 radical (unpaired) electrons. The van der Waals surface area contributed by atoms with Gasteiger partial charge in [-0.15, -0.1) is 0 Å². The molecule has 4 heteroatoms. The fourth-order valence-corrected chi connectivity index (χ4v) is 2.18. The minimum absolute atomic E-state index is 0.648. The number of aryl methyl sites for hydroxylation is 1. The Morgan fingerprint density at radius 2 is 2.00 bits per heavy atom. The van der Waals surface area contributed by atoms with Crippen LogP contribution >= 0.6 is 0 Å². The molecule has 0 saturated heterocycles. The van der Waals surface area contributed by atoms with Crippen LogP contribution in [0.4, 0.5) is 0 Å². The van der Waals surface area contributed by atoms with E-state index in [1.54, 1.807) is 7.11 Å². The summed E-state index contributed by atoms with van der Waals surface area (Å²) in [5.41, 5.74) is 2.45. The van der Waals surface area contributed by atoms with E-state index >= 15 is 0 Å². The van der Waals surface area contributed by atoms with Gasteiger partial charge >= 0.3 is 0 Å². The molecule has 21 heavy (non-hydrogen) atoms. The van der Waals surface area contributed by atoms with E-state index in [2.05, 4.69) is 30.4 Å². The number of hydrogen-bond donors (Lipinski definition) is 1. The summed E-state index contributed by atoms with van der Waals surface area (Å²) in [6.45, 7) is 5.70. The predicted molar refractivity (Wildman–Crippen MR) is 83.8 cm³/mol. The van der Waals surface area contributed by atoms with E-state index in [1.165, 1.54) is 24.0 Å². The molecule has 0 aromatic heterocycles. The first kappa shape index (κ1) is 16.3. The van der Waals surface area contributed by atoms with E-state index < -0.39 is 0 Å². The van der Waals surface area contributed by atoms with Gasteiger partial charge in [-0.3, -0.25) is 0 Å². The lowest BCUT2D eigenvalue weighted by atomic mass is 10.1. The van der Waals surface area contributed by atoms with Crippen LogP contribution in [-0.4, -0.2) is 39.6 Å². The molecule has 4 nitrogen and oxygen atoms in total. The van der Waals surface area contributed by atoms with Crippen LogP contribution in [0.5, 0.6) is 5.75 Å². The van der Waals surface area contributed by atoms with Crippen molar-refractivity contribution in [1.29, 1.82) is 0 Å². The van der Waals surface area contributed by atoms with E-state index in [0.29, 0.717) is 32.5 Å². The maximum absolute atomic E-state index is 5.98. The molecule has 1 aromatic rings. The van der Waals surface area contributed by atoms with Gasteiger partial charge in [0.15, 0.2) is 0 Å². The van der Waals surface area contributed by atoms with Crippen LogP contribution in [0.1, 0.15) is 30.4 Å².